The van der Waals surface area contributed by atoms with E-state index < -0.39 is 21.4 Å². The zero-order chi connectivity index (χ0) is 54.7. The third-order valence-electron chi connectivity index (χ3n) is 14.8. The fourth-order valence-corrected chi connectivity index (χ4v) is 17.1. The number of aryl methyl sites for hydroxylation is 8. The van der Waals surface area contributed by atoms with E-state index in [4.69, 9.17) is 20.9 Å². The molecule has 0 aliphatic carbocycles. The van der Waals surface area contributed by atoms with Gasteiger partial charge in [0.1, 0.15) is 11.5 Å². The maximum Gasteiger partial charge on any atom is 1.00 e. The summed E-state index contributed by atoms with van der Waals surface area (Å²) in [4.78, 5) is 0. The first-order valence-corrected chi connectivity index (χ1v) is 29.4. The van der Waals surface area contributed by atoms with Crippen LogP contribution in [0.5, 0.6) is 11.5 Å². The number of nitrogens with two attached hydrogens (primary N) is 2. The molecule has 0 aliphatic rings. The summed E-state index contributed by atoms with van der Waals surface area (Å²) in [5.74, 6) is 1.82. The summed E-state index contributed by atoms with van der Waals surface area (Å²) in [7, 11) is 1.42. The quantitative estimate of drug-likeness (QED) is 0.0891. The average molecular weight is 1190 g/mol. The van der Waals surface area contributed by atoms with Gasteiger partial charge in [-0.3, -0.25) is 0 Å². The van der Waals surface area contributed by atoms with Gasteiger partial charge in [0.2, 0.25) is 0 Å². The van der Waals surface area contributed by atoms with Gasteiger partial charge in [-0.15, -0.1) is 0 Å². The first kappa shape index (κ1) is 60.6. The van der Waals surface area contributed by atoms with Crippen LogP contribution in [0.3, 0.4) is 0 Å². The van der Waals surface area contributed by atoms with E-state index in [0.717, 1.165) is 22.6 Å². The Bertz CT molecular complexity index is 3330. The molecule has 10 aromatic carbocycles. The van der Waals surface area contributed by atoms with Gasteiger partial charge in [0, 0.05) is 6.04 Å². The van der Waals surface area contributed by atoms with E-state index in [1.54, 1.807) is 14.2 Å². The second-order valence-electron chi connectivity index (χ2n) is 21.5. The summed E-state index contributed by atoms with van der Waals surface area (Å²) < 4.78 is 10.5. The summed E-state index contributed by atoms with van der Waals surface area (Å²) in [5, 5.41) is 13.6. The number of hydrogen-bond donors (Lipinski definition) is 2. The smallest absolute Gasteiger partial charge is 1.00 e. The van der Waals surface area contributed by atoms with Gasteiger partial charge in [0.25, 0.3) is 0 Å². The van der Waals surface area contributed by atoms with Crippen LogP contribution >= 0.6 is 15.8 Å². The molecule has 0 bridgehead atoms. The molecule has 1 radical (unpaired) electrons. The Morgan fingerprint density at radius 1 is 0.392 bits per heavy atom. The number of hydrogen-bond acceptors (Lipinski definition) is 4. The number of halogens is 1. The number of benzene rings is 10. The first-order chi connectivity index (χ1) is 36.9. The molecular formula is C71H74ClN2O2P2Ru. The van der Waals surface area contributed by atoms with E-state index >= 15 is 0 Å². The van der Waals surface area contributed by atoms with Gasteiger partial charge in [-0.25, -0.2) is 0 Å². The molecule has 4 nitrogen and oxygen atoms in total. The van der Waals surface area contributed by atoms with Crippen LogP contribution in [-0.2, 0) is 25.0 Å². The third-order valence-corrected chi connectivity index (χ3v) is 19.6. The van der Waals surface area contributed by atoms with Crippen molar-refractivity contribution in [2.75, 3.05) is 14.2 Å². The molecule has 0 heterocycles. The van der Waals surface area contributed by atoms with Gasteiger partial charge in [0.15, 0.2) is 0 Å². The minimum atomic E-state index is -0.937. The van der Waals surface area contributed by atoms with Crippen LogP contribution in [0, 0.1) is 61.3 Å². The van der Waals surface area contributed by atoms with Crippen LogP contribution in [0.1, 0.15) is 69.5 Å². The average Bonchev–Trinajstić information content (AvgIpc) is 3.52. The van der Waals surface area contributed by atoms with Crippen molar-refractivity contribution in [3.63, 3.8) is 0 Å². The van der Waals surface area contributed by atoms with Crippen molar-refractivity contribution in [2.45, 2.75) is 80.8 Å². The second-order valence-corrected chi connectivity index (χ2v) is 25.9. The van der Waals surface area contributed by atoms with Crippen LogP contribution in [-0.4, -0.2) is 20.3 Å². The van der Waals surface area contributed by atoms with Crippen LogP contribution in [0.4, 0.5) is 0 Å². The molecule has 0 spiro atoms. The van der Waals surface area contributed by atoms with Gasteiger partial charge in [-0.2, -0.15) is 0 Å². The summed E-state index contributed by atoms with van der Waals surface area (Å²) in [5.41, 5.74) is 27.7. The Hall–Kier alpha value is -5.99. The predicted octanol–water partition coefficient (Wildman–Crippen LogP) is 11.5. The molecule has 0 aliphatic heterocycles. The van der Waals surface area contributed by atoms with Crippen LogP contribution in [0.15, 0.2) is 194 Å². The number of ether oxygens (including phenoxy) is 2. The molecule has 0 fully saturated rings. The second kappa shape index (κ2) is 26.1. The van der Waals surface area contributed by atoms with E-state index in [1.165, 1.54) is 109 Å². The standard InChI is InChI=1S/C52H48P2.C19H26N2O2.ClH.Ru/c1-33-21-34(2)26-43(25-33)53(44-27-35(3)22-36(4)28-44)49-19-17-41-13-9-11-15-47(41)51(49)52-48-16-12-10-14-42(48)18-20-50(52)54(45-29-37(5)23-38(6)30-45)46-31-39(7)24-40(8)32-46;1-13(2)18(20)19(21,14-5-9-16(22-3)10-6-14)15-7-11-17(23-4)12-8-15;;/h9-32H,1-8H3;5-13,18H,20-21H2,1-4H3;1H;/q;;;+1/p-1/t;18-;;/m.0../s1. The van der Waals surface area contributed by atoms with Gasteiger partial charge in [-0.1, -0.05) is 228 Å². The molecule has 8 heteroatoms. The molecule has 0 amide bonds. The Balaban J connectivity index is 0.000000305. The predicted molar refractivity (Wildman–Crippen MR) is 336 cm³/mol. The van der Waals surface area contributed by atoms with Crippen molar-refractivity contribution in [2.24, 2.45) is 17.4 Å². The summed E-state index contributed by atoms with van der Waals surface area (Å²) in [6, 6.07) is 71.9. The number of methoxy groups -OCH3 is 2. The molecule has 0 aromatic heterocycles. The number of fused-ring (bicyclic) bond motifs is 2. The Morgan fingerprint density at radius 2 is 0.671 bits per heavy atom. The van der Waals surface area contributed by atoms with E-state index in [2.05, 4.69) is 215 Å². The topological polar surface area (TPSA) is 70.5 Å². The molecule has 10 rings (SSSR count). The van der Waals surface area contributed by atoms with Gasteiger partial charge >= 0.3 is 19.5 Å². The SMILES string of the molecule is COc1ccc(C(N)(c2ccc(OC)cc2)[C@@H](N)C(C)C)cc1.Cc1cc(C)cc(P(c2cc(C)cc(C)c2)c2ccc3ccccc3c2-c2c(P(c3cc(C)cc(C)c3)c3cc(C)cc(C)c3)ccc3ccccc23)c1.[Cl-].[Ru+]. The molecule has 0 saturated carbocycles. The van der Waals surface area contributed by atoms with Crippen molar-refractivity contribution in [3.8, 4) is 22.6 Å². The zero-order valence-corrected chi connectivity index (χ0v) is 52.0. The molecule has 10 aromatic rings. The van der Waals surface area contributed by atoms with Crippen molar-refractivity contribution in [3.05, 3.63) is 250 Å². The molecule has 0 saturated heterocycles. The fourth-order valence-electron chi connectivity index (χ4n) is 11.4. The summed E-state index contributed by atoms with van der Waals surface area (Å²) in [6.45, 7) is 22.1. The van der Waals surface area contributed by atoms with E-state index in [-0.39, 0.29) is 43.8 Å². The van der Waals surface area contributed by atoms with E-state index in [0.29, 0.717) is 0 Å². The van der Waals surface area contributed by atoms with Gasteiger partial charge in [0.05, 0.1) is 19.8 Å². The molecule has 79 heavy (non-hydrogen) atoms. The minimum absolute atomic E-state index is 0. The zero-order valence-electron chi connectivity index (χ0n) is 47.7. The van der Waals surface area contributed by atoms with Crippen LogP contribution in [0.2, 0.25) is 0 Å². The van der Waals surface area contributed by atoms with Crippen molar-refractivity contribution in [1.82, 2.24) is 0 Å². The van der Waals surface area contributed by atoms with Crippen molar-refractivity contribution >= 4 is 69.2 Å². The minimum Gasteiger partial charge on any atom is -1.00 e. The largest absolute Gasteiger partial charge is 1.00 e. The van der Waals surface area contributed by atoms with Crippen LogP contribution < -0.4 is 65.2 Å². The molecule has 1 atom stereocenters. The Morgan fingerprint density at radius 3 is 0.937 bits per heavy atom. The summed E-state index contributed by atoms with van der Waals surface area (Å²) >= 11 is 0. The Labute approximate surface area is 492 Å². The molecule has 4 N–H and O–H groups in total. The van der Waals surface area contributed by atoms with Gasteiger partial charge < -0.3 is 33.3 Å². The monoisotopic (exact) mass is 1190 g/mol. The Kier molecular flexibility index (Phi) is 20.0. The fraction of sp³-hybridized carbons (Fsp3) is 0.211. The summed E-state index contributed by atoms with van der Waals surface area (Å²) in [6.07, 6.45) is 0. The normalized spacial score (nSPS) is 11.8. The van der Waals surface area contributed by atoms with E-state index in [1.807, 2.05) is 48.5 Å². The maximum absolute atomic E-state index is 6.86. The van der Waals surface area contributed by atoms with Crippen molar-refractivity contribution in [1.29, 1.82) is 0 Å². The molecule has 0 unspecified atom stereocenters. The first-order valence-electron chi connectivity index (χ1n) is 26.8. The van der Waals surface area contributed by atoms with E-state index in [9.17, 15) is 0 Å². The van der Waals surface area contributed by atoms with Gasteiger partial charge in [-0.05, 0) is 177 Å². The number of rotatable bonds is 13. The third kappa shape index (κ3) is 13.1. The van der Waals surface area contributed by atoms with Crippen LogP contribution in [0.25, 0.3) is 32.7 Å². The molecular weight excluding hydrogens is 1110 g/mol. The maximum atomic E-state index is 6.86. The molecule has 405 valence electrons. The van der Waals surface area contributed by atoms with Crippen molar-refractivity contribution < 1.29 is 41.4 Å².